The molecule has 7 heteroatoms. The zero-order valence-corrected chi connectivity index (χ0v) is 17.0. The lowest BCUT2D eigenvalue weighted by atomic mass is 10.1. The van der Waals surface area contributed by atoms with E-state index in [1.165, 1.54) is 6.08 Å². The summed E-state index contributed by atoms with van der Waals surface area (Å²) < 4.78 is 7.85. The Morgan fingerprint density at radius 2 is 2.16 bits per heavy atom. The lowest BCUT2D eigenvalue weighted by Gasteiger charge is -2.15. The number of carbonyl (C=O) groups excluding carboxylic acids is 1. The van der Waals surface area contributed by atoms with Crippen LogP contribution in [0.1, 0.15) is 16.7 Å². The highest BCUT2D eigenvalue weighted by Gasteiger charge is 2.36. The van der Waals surface area contributed by atoms with Crippen molar-refractivity contribution in [1.29, 1.82) is 0 Å². The van der Waals surface area contributed by atoms with Gasteiger partial charge in [0, 0.05) is 31.0 Å². The number of amides is 1. The third-order valence-electron chi connectivity index (χ3n) is 5.19. The van der Waals surface area contributed by atoms with Crippen LogP contribution in [-0.4, -0.2) is 45.9 Å². The van der Waals surface area contributed by atoms with Crippen molar-refractivity contribution in [3.05, 3.63) is 84.3 Å². The van der Waals surface area contributed by atoms with Crippen molar-refractivity contribution >= 4 is 17.8 Å². The number of aromatic nitrogens is 1. The first-order chi connectivity index (χ1) is 15.2. The second-order valence-electron chi connectivity index (χ2n) is 7.28. The number of nitrogens with zero attached hydrogens (tertiary/aromatic N) is 5. The van der Waals surface area contributed by atoms with Gasteiger partial charge in [0.25, 0.3) is 5.70 Å². The molecule has 154 valence electrons. The second kappa shape index (κ2) is 9.28. The number of likely N-dealkylation sites (tertiary alicyclic amines) is 1. The van der Waals surface area contributed by atoms with Gasteiger partial charge in [0.2, 0.25) is 5.91 Å². The van der Waals surface area contributed by atoms with Crippen molar-refractivity contribution < 1.29 is 14.2 Å². The number of benzene rings is 1. The zero-order chi connectivity index (χ0) is 21.6. The van der Waals surface area contributed by atoms with E-state index >= 15 is 0 Å². The summed E-state index contributed by atoms with van der Waals surface area (Å²) in [5, 5.41) is 8.43. The molecule has 2 aliphatic heterocycles. The fraction of sp³-hybridized carbons (Fsp3) is 0.208. The van der Waals surface area contributed by atoms with E-state index in [2.05, 4.69) is 27.8 Å². The van der Waals surface area contributed by atoms with Crippen LogP contribution in [-0.2, 0) is 16.1 Å². The molecule has 7 nitrogen and oxygen atoms in total. The number of hydrogen-bond acceptors (Lipinski definition) is 5. The van der Waals surface area contributed by atoms with Crippen molar-refractivity contribution in [2.45, 2.75) is 12.7 Å². The fourth-order valence-electron chi connectivity index (χ4n) is 3.52. The zero-order valence-electron chi connectivity index (χ0n) is 17.0. The first-order valence-corrected chi connectivity index (χ1v) is 9.92. The number of rotatable bonds is 6. The van der Waals surface area contributed by atoms with Crippen LogP contribution < -0.4 is 0 Å². The summed E-state index contributed by atoms with van der Waals surface area (Å²) in [6, 6.07) is 11.5. The summed E-state index contributed by atoms with van der Waals surface area (Å²) in [6.07, 6.45) is 13.8. The maximum absolute atomic E-state index is 12.2. The molecular weight excluding hydrogens is 390 g/mol. The highest BCUT2D eigenvalue weighted by atomic mass is 16.5. The summed E-state index contributed by atoms with van der Waals surface area (Å²) in [6.45, 7) is 5.03. The van der Waals surface area contributed by atoms with Crippen molar-refractivity contribution in [1.82, 2.24) is 9.88 Å². The van der Waals surface area contributed by atoms with Gasteiger partial charge in [-0.3, -0.25) is 9.78 Å². The Morgan fingerprint density at radius 3 is 2.87 bits per heavy atom. The molecule has 2 aromatic rings. The lowest BCUT2D eigenvalue weighted by Crippen LogP contribution is -2.28. The smallest absolute Gasteiger partial charge is 0.253 e. The van der Waals surface area contributed by atoms with E-state index in [0.29, 0.717) is 19.7 Å². The van der Waals surface area contributed by atoms with E-state index in [1.54, 1.807) is 22.0 Å². The average molecular weight is 412 g/mol. The Bertz CT molecular complexity index is 1100. The molecule has 0 radical (unpaired) electrons. The van der Waals surface area contributed by atoms with Crippen LogP contribution in [0, 0.1) is 18.3 Å². The Morgan fingerprint density at radius 1 is 1.32 bits per heavy atom. The van der Waals surface area contributed by atoms with Crippen LogP contribution in [0.4, 0.5) is 0 Å². The molecule has 2 atom stereocenters. The predicted octanol–water partition coefficient (Wildman–Crippen LogP) is 3.06. The molecule has 0 aliphatic carbocycles. The van der Waals surface area contributed by atoms with Gasteiger partial charge in [-0.05, 0) is 35.9 Å². The molecule has 1 aromatic carbocycles. The van der Waals surface area contributed by atoms with Crippen LogP contribution >= 0.6 is 0 Å². The molecule has 1 amide bonds. The van der Waals surface area contributed by atoms with Gasteiger partial charge in [-0.2, -0.15) is 0 Å². The molecule has 1 unspecified atom stereocenters. The summed E-state index contributed by atoms with van der Waals surface area (Å²) in [5.41, 5.74) is 3.47. The molecule has 0 saturated carbocycles. The van der Waals surface area contributed by atoms with E-state index in [0.717, 1.165) is 22.4 Å². The molecule has 3 heterocycles. The molecular formula is C24H22N5O2+. The molecule has 1 saturated heterocycles. The summed E-state index contributed by atoms with van der Waals surface area (Å²) in [4.78, 5) is 18.0. The van der Waals surface area contributed by atoms with Gasteiger partial charge in [0.15, 0.2) is 6.20 Å². The maximum atomic E-state index is 12.2. The van der Waals surface area contributed by atoms with E-state index in [9.17, 15) is 4.79 Å². The Hall–Kier alpha value is -3.89. The van der Waals surface area contributed by atoms with Gasteiger partial charge in [0.1, 0.15) is 11.4 Å². The Balaban J connectivity index is 1.49. The summed E-state index contributed by atoms with van der Waals surface area (Å²) in [5.74, 6) is 2.45. The Kier molecular flexibility index (Phi) is 6.11. The van der Waals surface area contributed by atoms with E-state index in [1.807, 2.05) is 48.8 Å². The van der Waals surface area contributed by atoms with E-state index in [4.69, 9.17) is 11.2 Å². The van der Waals surface area contributed by atoms with Crippen molar-refractivity contribution in [2.24, 2.45) is 16.3 Å². The van der Waals surface area contributed by atoms with Crippen LogP contribution in [0.3, 0.4) is 0 Å². The maximum Gasteiger partial charge on any atom is 0.253 e. The van der Waals surface area contributed by atoms with Gasteiger partial charge in [0.05, 0.1) is 29.3 Å². The third kappa shape index (κ3) is 4.82. The predicted molar refractivity (Wildman–Crippen MR) is 117 cm³/mol. The molecule has 31 heavy (non-hydrogen) atoms. The minimum Gasteiger partial charge on any atom is -0.371 e. The SMILES string of the molecule is C#Cc1ccc(CO[C@@H]2CN(C(=O)C=C)CC2/C=[N+]2/C=C(c3cccnc3)N=N2)cc1. The highest BCUT2D eigenvalue weighted by molar-refractivity contribution is 5.87. The van der Waals surface area contributed by atoms with Gasteiger partial charge in [-0.1, -0.05) is 24.6 Å². The molecule has 1 aromatic heterocycles. The van der Waals surface area contributed by atoms with Crippen molar-refractivity contribution in [2.75, 3.05) is 13.1 Å². The largest absolute Gasteiger partial charge is 0.371 e. The normalized spacial score (nSPS) is 21.2. The third-order valence-corrected chi connectivity index (χ3v) is 5.19. The van der Waals surface area contributed by atoms with Crippen LogP contribution in [0.2, 0.25) is 0 Å². The molecule has 0 spiro atoms. The minimum absolute atomic E-state index is 0.0441. The number of terminal acetylenes is 1. The van der Waals surface area contributed by atoms with Crippen molar-refractivity contribution in [3.63, 3.8) is 0 Å². The molecule has 2 aliphatic rings. The number of pyridine rings is 1. The van der Waals surface area contributed by atoms with Gasteiger partial charge < -0.3 is 9.64 Å². The van der Waals surface area contributed by atoms with Gasteiger partial charge >= 0.3 is 0 Å². The molecule has 0 N–H and O–H groups in total. The number of ether oxygens (including phenoxy) is 1. The monoisotopic (exact) mass is 412 g/mol. The lowest BCUT2D eigenvalue weighted by molar-refractivity contribution is -0.461. The molecule has 4 rings (SSSR count). The Labute approximate surface area is 181 Å². The van der Waals surface area contributed by atoms with Crippen LogP contribution in [0.15, 0.2) is 78.0 Å². The van der Waals surface area contributed by atoms with E-state index in [-0.39, 0.29) is 17.9 Å². The minimum atomic E-state index is -0.178. The first kappa shape index (κ1) is 20.4. The first-order valence-electron chi connectivity index (χ1n) is 9.92. The second-order valence-corrected chi connectivity index (χ2v) is 7.28. The summed E-state index contributed by atoms with van der Waals surface area (Å²) in [7, 11) is 0. The number of carbonyl (C=O) groups is 1. The van der Waals surface area contributed by atoms with Gasteiger partial charge in [-0.15, -0.1) is 11.1 Å². The fourth-order valence-corrected chi connectivity index (χ4v) is 3.52. The highest BCUT2D eigenvalue weighted by Crippen LogP contribution is 2.23. The van der Waals surface area contributed by atoms with Crippen LogP contribution in [0.5, 0.6) is 0 Å². The van der Waals surface area contributed by atoms with Crippen molar-refractivity contribution in [3.8, 4) is 12.3 Å². The van der Waals surface area contributed by atoms with Crippen LogP contribution in [0.25, 0.3) is 5.70 Å². The average Bonchev–Trinajstić information content (AvgIpc) is 3.45. The molecule has 1 fully saturated rings. The summed E-state index contributed by atoms with van der Waals surface area (Å²) >= 11 is 0. The quantitative estimate of drug-likeness (QED) is 0.416. The molecule has 0 bridgehead atoms. The standard InChI is InChI=1S/C24H22N5O2/c1-3-18-7-9-19(10-8-18)17-31-23-16-28(24(30)4-2)13-21(23)14-29-15-22(26-27-29)20-6-5-11-25-12-20/h1,4-12,14-15,21,23H,2,13,16-17H2/q+1/b29-14-/t21?,23-/m1/s1. The van der Waals surface area contributed by atoms with E-state index < -0.39 is 0 Å². The topological polar surface area (TPSA) is 70.2 Å². The van der Waals surface area contributed by atoms with Gasteiger partial charge in [-0.25, -0.2) is 0 Å². The number of hydrogen-bond donors (Lipinski definition) is 0.